The number of imidazole rings is 1. The molecular weight excluding hydrogens is 316 g/mol. The maximum atomic E-state index is 11.5. The SMILES string of the molecule is NS(=O)(=O)N1CCC(C2c3ccccc3-c3cncn32)C(O)C1. The first-order valence-corrected chi connectivity index (χ1v) is 9.04. The number of aromatic nitrogens is 2. The Morgan fingerprint density at radius 1 is 1.30 bits per heavy atom. The van der Waals surface area contributed by atoms with E-state index in [9.17, 15) is 13.5 Å². The Labute approximate surface area is 134 Å². The van der Waals surface area contributed by atoms with E-state index in [0.29, 0.717) is 13.0 Å². The van der Waals surface area contributed by atoms with E-state index in [1.807, 2.05) is 18.3 Å². The summed E-state index contributed by atoms with van der Waals surface area (Å²) in [5, 5.41) is 15.7. The number of β-amino-alcohol motifs (C(OH)–C–C–N with tert-alkyl or cyclic N) is 1. The van der Waals surface area contributed by atoms with Crippen LogP contribution in [0.25, 0.3) is 11.3 Å². The van der Waals surface area contributed by atoms with Crippen LogP contribution in [0, 0.1) is 5.92 Å². The number of nitrogens with two attached hydrogens (primary N) is 1. The fourth-order valence-electron chi connectivity index (χ4n) is 3.83. The molecule has 3 heterocycles. The number of nitrogens with zero attached hydrogens (tertiary/aromatic N) is 3. The smallest absolute Gasteiger partial charge is 0.276 e. The van der Waals surface area contributed by atoms with Gasteiger partial charge in [-0.3, -0.25) is 0 Å². The van der Waals surface area contributed by atoms with Gasteiger partial charge in [0.25, 0.3) is 10.2 Å². The van der Waals surface area contributed by atoms with Crippen molar-refractivity contribution in [1.82, 2.24) is 13.9 Å². The zero-order valence-corrected chi connectivity index (χ0v) is 13.2. The molecule has 1 aromatic carbocycles. The minimum absolute atomic E-state index is 0.0265. The van der Waals surface area contributed by atoms with E-state index < -0.39 is 16.3 Å². The van der Waals surface area contributed by atoms with Crippen molar-refractivity contribution >= 4 is 10.2 Å². The predicted molar refractivity (Wildman–Crippen MR) is 84.6 cm³/mol. The molecule has 2 aliphatic rings. The van der Waals surface area contributed by atoms with Crippen molar-refractivity contribution in [2.75, 3.05) is 13.1 Å². The Bertz CT molecular complexity index is 848. The van der Waals surface area contributed by atoms with E-state index >= 15 is 0 Å². The van der Waals surface area contributed by atoms with Gasteiger partial charge in [-0.2, -0.15) is 12.7 Å². The van der Waals surface area contributed by atoms with Gasteiger partial charge in [-0.05, 0) is 12.0 Å². The summed E-state index contributed by atoms with van der Waals surface area (Å²) in [6.07, 6.45) is 3.38. The zero-order chi connectivity index (χ0) is 16.2. The first-order chi connectivity index (χ1) is 11.0. The van der Waals surface area contributed by atoms with Gasteiger partial charge in [0.05, 0.1) is 30.4 Å². The van der Waals surface area contributed by atoms with Gasteiger partial charge in [0.1, 0.15) is 0 Å². The highest BCUT2D eigenvalue weighted by Gasteiger charge is 2.41. The minimum Gasteiger partial charge on any atom is -0.391 e. The van der Waals surface area contributed by atoms with E-state index in [2.05, 4.69) is 21.7 Å². The van der Waals surface area contributed by atoms with Crippen LogP contribution in [-0.2, 0) is 10.2 Å². The number of aliphatic hydroxyl groups excluding tert-OH is 1. The summed E-state index contributed by atoms with van der Waals surface area (Å²) >= 11 is 0. The summed E-state index contributed by atoms with van der Waals surface area (Å²) in [5.41, 5.74) is 3.31. The van der Waals surface area contributed by atoms with E-state index in [4.69, 9.17) is 5.14 Å². The van der Waals surface area contributed by atoms with Crippen molar-refractivity contribution in [2.45, 2.75) is 18.6 Å². The Balaban J connectivity index is 1.70. The number of benzene rings is 1. The van der Waals surface area contributed by atoms with Gasteiger partial charge in [-0.25, -0.2) is 10.1 Å². The van der Waals surface area contributed by atoms with Crippen LogP contribution in [0.3, 0.4) is 0 Å². The molecule has 8 heteroatoms. The average molecular weight is 334 g/mol. The lowest BCUT2D eigenvalue weighted by Gasteiger charge is -2.37. The molecule has 4 rings (SSSR count). The summed E-state index contributed by atoms with van der Waals surface area (Å²) in [4.78, 5) is 4.22. The quantitative estimate of drug-likeness (QED) is 0.827. The van der Waals surface area contributed by atoms with Crippen LogP contribution in [0.5, 0.6) is 0 Å². The number of aliphatic hydroxyl groups is 1. The highest BCUT2D eigenvalue weighted by Crippen LogP contribution is 2.45. The van der Waals surface area contributed by atoms with Crippen molar-refractivity contribution < 1.29 is 13.5 Å². The van der Waals surface area contributed by atoms with Crippen molar-refractivity contribution in [3.05, 3.63) is 42.4 Å². The number of rotatable bonds is 2. The molecule has 1 fully saturated rings. The average Bonchev–Trinajstić information content (AvgIpc) is 3.07. The largest absolute Gasteiger partial charge is 0.391 e. The topological polar surface area (TPSA) is 101 Å². The van der Waals surface area contributed by atoms with Crippen LogP contribution in [0.15, 0.2) is 36.8 Å². The highest BCUT2D eigenvalue weighted by molar-refractivity contribution is 7.86. The van der Waals surface area contributed by atoms with Crippen LogP contribution >= 0.6 is 0 Å². The molecule has 3 unspecified atom stereocenters. The Morgan fingerprint density at radius 3 is 2.83 bits per heavy atom. The Hall–Kier alpha value is -1.74. The van der Waals surface area contributed by atoms with Crippen molar-refractivity contribution in [3.63, 3.8) is 0 Å². The normalized spacial score (nSPS) is 27.7. The van der Waals surface area contributed by atoms with Gasteiger partial charge in [-0.15, -0.1) is 0 Å². The van der Waals surface area contributed by atoms with Crippen LogP contribution in [0.2, 0.25) is 0 Å². The molecule has 0 bridgehead atoms. The molecule has 0 radical (unpaired) electrons. The van der Waals surface area contributed by atoms with Crippen molar-refractivity contribution in [2.24, 2.45) is 11.1 Å². The second-order valence-corrected chi connectivity index (χ2v) is 7.69. The minimum atomic E-state index is -3.76. The van der Waals surface area contributed by atoms with E-state index in [1.165, 1.54) is 0 Å². The molecular formula is C15H18N4O3S. The number of hydrogen-bond donors (Lipinski definition) is 2. The number of hydrogen-bond acceptors (Lipinski definition) is 4. The fourth-order valence-corrected chi connectivity index (χ4v) is 4.55. The first kappa shape index (κ1) is 14.8. The van der Waals surface area contributed by atoms with Gasteiger partial charge in [0.15, 0.2) is 0 Å². The van der Waals surface area contributed by atoms with Crippen molar-refractivity contribution in [3.8, 4) is 11.3 Å². The Kier molecular flexibility index (Phi) is 3.31. The van der Waals surface area contributed by atoms with Gasteiger partial charge in [0.2, 0.25) is 0 Å². The summed E-state index contributed by atoms with van der Waals surface area (Å²) in [6, 6.07) is 8.05. The third kappa shape index (κ3) is 2.29. The molecule has 7 nitrogen and oxygen atoms in total. The van der Waals surface area contributed by atoms with Gasteiger partial charge in [-0.1, -0.05) is 24.3 Å². The molecule has 3 N–H and O–H groups in total. The zero-order valence-electron chi connectivity index (χ0n) is 12.4. The maximum Gasteiger partial charge on any atom is 0.276 e. The van der Waals surface area contributed by atoms with Gasteiger partial charge < -0.3 is 9.67 Å². The lowest BCUT2D eigenvalue weighted by molar-refractivity contribution is 0.0343. The second kappa shape index (κ2) is 5.13. The summed E-state index contributed by atoms with van der Waals surface area (Å²) < 4.78 is 26.2. The molecule has 1 saturated heterocycles. The highest BCUT2D eigenvalue weighted by atomic mass is 32.2. The monoisotopic (exact) mass is 334 g/mol. The lowest BCUT2D eigenvalue weighted by atomic mass is 9.84. The maximum absolute atomic E-state index is 11.5. The molecule has 2 aromatic rings. The fraction of sp³-hybridized carbons (Fsp3) is 0.400. The van der Waals surface area contributed by atoms with Crippen LogP contribution in [-0.4, -0.2) is 46.6 Å². The van der Waals surface area contributed by atoms with Gasteiger partial charge >= 0.3 is 0 Å². The van der Waals surface area contributed by atoms with Crippen LogP contribution in [0.4, 0.5) is 0 Å². The molecule has 0 saturated carbocycles. The van der Waals surface area contributed by atoms with Gasteiger partial charge in [0, 0.05) is 24.6 Å². The second-order valence-electron chi connectivity index (χ2n) is 6.14. The van der Waals surface area contributed by atoms with Crippen molar-refractivity contribution in [1.29, 1.82) is 0 Å². The molecule has 0 spiro atoms. The molecule has 3 atom stereocenters. The van der Waals surface area contributed by atoms with E-state index in [0.717, 1.165) is 21.1 Å². The van der Waals surface area contributed by atoms with E-state index in [1.54, 1.807) is 6.33 Å². The third-order valence-electron chi connectivity index (χ3n) is 4.88. The molecule has 2 aliphatic heterocycles. The van der Waals surface area contributed by atoms with Crippen LogP contribution < -0.4 is 5.14 Å². The van der Waals surface area contributed by atoms with E-state index in [-0.39, 0.29) is 18.5 Å². The first-order valence-electron chi connectivity index (χ1n) is 7.54. The summed E-state index contributed by atoms with van der Waals surface area (Å²) in [5.74, 6) is -0.0791. The third-order valence-corrected chi connectivity index (χ3v) is 5.93. The molecule has 1 aromatic heterocycles. The molecule has 0 amide bonds. The number of fused-ring (bicyclic) bond motifs is 3. The standard InChI is InChI=1S/C15H18N4O3S/c16-23(21,22)18-6-5-12(14(20)8-18)15-11-4-2-1-3-10(11)13-7-17-9-19(13)15/h1-4,7,9,12,14-15,20H,5-6,8H2,(H2,16,21,22). The lowest BCUT2D eigenvalue weighted by Crippen LogP contribution is -2.50. The summed E-state index contributed by atoms with van der Waals surface area (Å²) in [7, 11) is -3.76. The van der Waals surface area contributed by atoms with Crippen LogP contribution in [0.1, 0.15) is 18.0 Å². The molecule has 122 valence electrons. The molecule has 0 aliphatic carbocycles. The number of piperidine rings is 1. The summed E-state index contributed by atoms with van der Waals surface area (Å²) in [6.45, 7) is 0.357. The predicted octanol–water partition coefficient (Wildman–Crippen LogP) is 0.339. The molecule has 23 heavy (non-hydrogen) atoms. The Morgan fingerprint density at radius 2 is 2.09 bits per heavy atom.